The summed E-state index contributed by atoms with van der Waals surface area (Å²) in [5.41, 5.74) is 1.81. The number of halogens is 2. The fourth-order valence-corrected chi connectivity index (χ4v) is 10.3. The molecule has 0 radical (unpaired) electrons. The smallest absolute Gasteiger partial charge is 0.264 e. The fourth-order valence-electron chi connectivity index (χ4n) is 7.58. The van der Waals surface area contributed by atoms with Gasteiger partial charge in [0.1, 0.15) is 0 Å². The van der Waals surface area contributed by atoms with Gasteiger partial charge in [0, 0.05) is 60.0 Å². The van der Waals surface area contributed by atoms with E-state index < -0.39 is 31.6 Å². The van der Waals surface area contributed by atoms with E-state index in [-0.39, 0.29) is 30.9 Å². The average molecular weight is 669 g/mol. The van der Waals surface area contributed by atoms with E-state index in [1.54, 1.807) is 41.0 Å². The number of ether oxygens (including phenoxy) is 1. The first-order valence-corrected chi connectivity index (χ1v) is 19.4. The van der Waals surface area contributed by atoms with E-state index >= 15 is 4.11 Å². The lowest BCUT2D eigenvalue weighted by Crippen LogP contribution is -2.45. The molecule has 2 saturated heterocycles. The number of hydrogen-bond donors (Lipinski definition) is 3. The Kier molecular flexibility index (Phi) is 9.37. The summed E-state index contributed by atoms with van der Waals surface area (Å²) in [6, 6.07) is 12.9. The van der Waals surface area contributed by atoms with Crippen LogP contribution in [-0.2, 0) is 39.4 Å². The predicted octanol–water partition coefficient (Wildman–Crippen LogP) is 4.82. The highest BCUT2D eigenvalue weighted by Crippen LogP contribution is 2.60. The molecule has 3 N–H and O–H groups in total. The number of benzene rings is 2. The normalized spacial score (nSPS) is 26.1. The Labute approximate surface area is 274 Å². The molecule has 46 heavy (non-hydrogen) atoms. The number of fused-ring (bicyclic) bond motifs is 2. The van der Waals surface area contributed by atoms with Gasteiger partial charge in [0.05, 0.1) is 29.9 Å². The quantitative estimate of drug-likeness (QED) is 0.209. The van der Waals surface area contributed by atoms with E-state index in [4.69, 9.17) is 16.3 Å². The molecule has 3 aromatic rings. The first-order valence-electron chi connectivity index (χ1n) is 16.1. The highest BCUT2D eigenvalue weighted by atomic mass is 35.5. The summed E-state index contributed by atoms with van der Waals surface area (Å²) in [6.07, 6.45) is 3.97. The maximum atomic E-state index is 16.1. The first kappa shape index (κ1) is 32.8. The molecule has 4 heterocycles. The van der Waals surface area contributed by atoms with Gasteiger partial charge in [-0.15, -0.1) is 5.10 Å². The third-order valence-corrected chi connectivity index (χ3v) is 12.4. The van der Waals surface area contributed by atoms with Gasteiger partial charge >= 0.3 is 0 Å². The largest absolute Gasteiger partial charge is 0.396 e. The maximum Gasteiger partial charge on any atom is 0.264 e. The van der Waals surface area contributed by atoms with Crippen molar-refractivity contribution < 1.29 is 23.5 Å². The zero-order valence-electron chi connectivity index (χ0n) is 26.5. The van der Waals surface area contributed by atoms with Crippen LogP contribution in [0, 0.1) is 11.8 Å². The number of nitrogens with one attached hydrogen (secondary N) is 2. The van der Waals surface area contributed by atoms with E-state index in [0.717, 1.165) is 24.9 Å². The molecule has 0 bridgehead atoms. The van der Waals surface area contributed by atoms with Crippen molar-refractivity contribution >= 4 is 43.2 Å². The molecule has 1 aromatic heterocycles. The van der Waals surface area contributed by atoms with Crippen LogP contribution in [0.1, 0.15) is 43.0 Å². The molecule has 13 heteroatoms. The van der Waals surface area contributed by atoms with E-state index in [0.29, 0.717) is 53.6 Å². The van der Waals surface area contributed by atoms with Crippen molar-refractivity contribution in [2.75, 3.05) is 29.9 Å². The van der Waals surface area contributed by atoms with Gasteiger partial charge in [-0.2, -0.15) is 0 Å². The highest BCUT2D eigenvalue weighted by molar-refractivity contribution is 6.72. The van der Waals surface area contributed by atoms with Crippen molar-refractivity contribution in [3.63, 3.8) is 0 Å². The minimum Gasteiger partial charge on any atom is -0.396 e. The summed E-state index contributed by atoms with van der Waals surface area (Å²) in [5.74, 6) is -0.705. The van der Waals surface area contributed by atoms with Gasteiger partial charge in [-0.1, -0.05) is 35.9 Å². The monoisotopic (exact) mass is 668 g/mol. The molecule has 6 rings (SSSR count). The lowest BCUT2D eigenvalue weighted by molar-refractivity contribution is -0.146. The summed E-state index contributed by atoms with van der Waals surface area (Å²) in [5, 5.41) is 24.3. The Bertz CT molecular complexity index is 1580. The average Bonchev–Trinajstić information content (AvgIpc) is 3.67. The topological polar surface area (TPSA) is 122 Å². The van der Waals surface area contributed by atoms with Crippen molar-refractivity contribution in [2.45, 2.75) is 76.0 Å². The van der Waals surface area contributed by atoms with Gasteiger partial charge in [0.2, 0.25) is 14.3 Å². The number of carbonyl (C=O) groups is 2. The van der Waals surface area contributed by atoms with Crippen LogP contribution in [0.5, 0.6) is 0 Å². The second-order valence-electron chi connectivity index (χ2n) is 13.3. The lowest BCUT2D eigenvalue weighted by Gasteiger charge is -2.31. The number of carbonyl (C=O) groups excluding carboxylic acids is 2. The summed E-state index contributed by atoms with van der Waals surface area (Å²) >= 11 is 6.51. The number of anilines is 2. The van der Waals surface area contributed by atoms with E-state index in [9.17, 15) is 14.7 Å². The van der Waals surface area contributed by atoms with Crippen molar-refractivity contribution in [1.82, 2.24) is 20.3 Å². The van der Waals surface area contributed by atoms with Crippen molar-refractivity contribution in [3.05, 3.63) is 70.5 Å². The fraction of sp³-hybridized carbons (Fsp3) is 0.515. The summed E-state index contributed by atoms with van der Waals surface area (Å²) in [4.78, 5) is 29.0. The maximum absolute atomic E-state index is 16.1. The molecule has 10 nitrogen and oxygen atoms in total. The van der Waals surface area contributed by atoms with Crippen molar-refractivity contribution in [3.8, 4) is 0 Å². The zero-order valence-corrected chi connectivity index (χ0v) is 28.3. The minimum atomic E-state index is -3.33. The molecule has 0 saturated carbocycles. The number of hydrogen-bond acceptors (Lipinski definition) is 7. The predicted molar refractivity (Wildman–Crippen MR) is 177 cm³/mol. The molecule has 0 aliphatic carbocycles. The molecule has 3 aliphatic heterocycles. The van der Waals surface area contributed by atoms with Gasteiger partial charge in [-0.3, -0.25) is 14.3 Å². The van der Waals surface area contributed by atoms with E-state index in [1.807, 2.05) is 37.3 Å². The Morgan fingerprint density at radius 3 is 2.74 bits per heavy atom. The second kappa shape index (κ2) is 13.2. The molecule has 3 aliphatic rings. The number of aliphatic hydroxyl groups excluding tert-OH is 1. The second-order valence-corrected chi connectivity index (χ2v) is 17.5. The molecular formula is C33H42ClFN6O4Si. The van der Waals surface area contributed by atoms with Crippen LogP contribution in [0.3, 0.4) is 0 Å². The number of aliphatic hydroxyl groups is 1. The van der Waals surface area contributed by atoms with Crippen molar-refractivity contribution in [1.29, 1.82) is 0 Å². The third-order valence-electron chi connectivity index (χ3n) is 9.75. The van der Waals surface area contributed by atoms with Crippen LogP contribution >= 0.6 is 11.6 Å². The Balaban J connectivity index is 1.24. The van der Waals surface area contributed by atoms with Gasteiger partial charge in [0.25, 0.3) is 5.91 Å². The first-order chi connectivity index (χ1) is 22.0. The number of aryl methyl sites for hydroxylation is 1. The molecule has 5 atom stereocenters. The van der Waals surface area contributed by atoms with Crippen LogP contribution in [0.4, 0.5) is 15.5 Å². The third kappa shape index (κ3) is 6.25. The number of rotatable bonds is 10. The summed E-state index contributed by atoms with van der Waals surface area (Å²) < 4.78 is 24.6. The van der Waals surface area contributed by atoms with Crippen LogP contribution in [0.2, 0.25) is 23.7 Å². The zero-order chi connectivity index (χ0) is 32.6. The standard InChI is InChI=1S/C33H42ClFN6O4Si/c1-21-30(46(2,3)35)29(12-15-40-20-26(13-16-42)38-39-40)45-33(21)27-17-24(34)8-11-28(27)41(32(33)44)19-22-6-9-25(10-7-22)37-31(43)23-5-4-14-36-18-23/h6-11,17,20-21,23,29-30,36,42H,4-5,12-16,18-19H2,1-3H3,(H,37,43)/t21-,23?,29+,30-,33+/m0/s1. The van der Waals surface area contributed by atoms with Gasteiger partial charge in [-0.25, -0.2) is 0 Å². The van der Waals surface area contributed by atoms with Crippen LogP contribution in [-0.4, -0.2) is 66.1 Å². The molecule has 2 amide bonds. The SMILES string of the molecule is C[C@H]1[C@H]([Si](C)(C)F)[C@@H](CCn2cc(CCO)nn2)O[C@]12C(=O)N(Cc1ccc(NC(=O)C3CCCNC3)cc1)c1ccc(Cl)cc12. The Morgan fingerprint density at radius 1 is 1.26 bits per heavy atom. The Morgan fingerprint density at radius 2 is 2.04 bits per heavy atom. The molecule has 246 valence electrons. The minimum absolute atomic E-state index is 0.00709. The molecule has 1 spiro atoms. The highest BCUT2D eigenvalue weighted by Gasteiger charge is 2.66. The number of piperidine rings is 1. The number of amides is 2. The van der Waals surface area contributed by atoms with Gasteiger partial charge < -0.3 is 29.5 Å². The Hall–Kier alpha value is -3.16. The van der Waals surface area contributed by atoms with E-state index in [1.165, 1.54) is 0 Å². The summed E-state index contributed by atoms with van der Waals surface area (Å²) in [6.45, 7) is 7.62. The number of nitrogens with zero attached hydrogens (tertiary/aromatic N) is 4. The van der Waals surface area contributed by atoms with Gasteiger partial charge in [-0.05, 0) is 74.8 Å². The molecular weight excluding hydrogens is 627 g/mol. The molecule has 2 aromatic carbocycles. The molecule has 2 fully saturated rings. The van der Waals surface area contributed by atoms with Crippen LogP contribution in [0.15, 0.2) is 48.7 Å². The van der Waals surface area contributed by atoms with E-state index in [2.05, 4.69) is 20.9 Å². The molecule has 1 unspecified atom stereocenters. The van der Waals surface area contributed by atoms with Gasteiger partial charge in [0.15, 0.2) is 5.60 Å². The summed E-state index contributed by atoms with van der Waals surface area (Å²) in [7, 11) is -3.33. The van der Waals surface area contributed by atoms with Crippen molar-refractivity contribution in [2.24, 2.45) is 11.8 Å². The van der Waals surface area contributed by atoms with Crippen LogP contribution in [0.25, 0.3) is 0 Å². The van der Waals surface area contributed by atoms with Crippen LogP contribution < -0.4 is 15.5 Å². The lowest BCUT2D eigenvalue weighted by atomic mass is 9.82. The number of aromatic nitrogens is 3.